The number of ether oxygens (including phenoxy) is 5. The van der Waals surface area contributed by atoms with Crippen molar-refractivity contribution in [2.45, 2.75) is 76.1 Å². The van der Waals surface area contributed by atoms with Gasteiger partial charge in [-0.2, -0.15) is 15.8 Å². The van der Waals surface area contributed by atoms with E-state index in [1.807, 2.05) is 0 Å². The Bertz CT molecular complexity index is 1150. The van der Waals surface area contributed by atoms with Crippen LogP contribution in [0.5, 0.6) is 17.2 Å². The first kappa shape index (κ1) is 26.6. The van der Waals surface area contributed by atoms with Crippen LogP contribution in [0.4, 0.5) is 0 Å². The van der Waals surface area contributed by atoms with E-state index in [1.54, 1.807) is 12.1 Å². The topological polar surface area (TPSA) is 141 Å². The first-order chi connectivity index (χ1) is 17.9. The van der Waals surface area contributed by atoms with Crippen LogP contribution < -0.4 is 14.2 Å². The molecule has 0 radical (unpaired) electrons. The van der Waals surface area contributed by atoms with Gasteiger partial charge < -0.3 is 23.7 Å². The molecule has 2 heterocycles. The average molecular weight is 507 g/mol. The van der Waals surface area contributed by atoms with Gasteiger partial charge >= 0.3 is 0 Å². The van der Waals surface area contributed by atoms with Crippen molar-refractivity contribution in [2.24, 2.45) is 16.7 Å². The number of benzene rings is 1. The molecule has 1 aliphatic carbocycles. The van der Waals surface area contributed by atoms with Crippen LogP contribution in [0.1, 0.15) is 75.9 Å². The maximum Gasteiger partial charge on any atom is 0.217 e. The summed E-state index contributed by atoms with van der Waals surface area (Å²) in [6.07, 6.45) is 7.81. The molecule has 2 aliphatic heterocycles. The molecule has 3 fully saturated rings. The molecule has 1 aromatic carbocycles. The molecule has 3 aliphatic rings. The lowest BCUT2D eigenvalue weighted by Gasteiger charge is -2.50. The summed E-state index contributed by atoms with van der Waals surface area (Å²) >= 11 is 0. The van der Waals surface area contributed by atoms with Gasteiger partial charge in [-0.3, -0.25) is 5.41 Å². The fourth-order valence-electron chi connectivity index (χ4n) is 6.53. The summed E-state index contributed by atoms with van der Waals surface area (Å²) in [4.78, 5) is 0. The van der Waals surface area contributed by atoms with E-state index in [4.69, 9.17) is 29.1 Å². The Morgan fingerprint density at radius 3 is 2.03 bits per heavy atom. The average Bonchev–Trinajstić information content (AvgIpc) is 3.10. The van der Waals surface area contributed by atoms with E-state index in [0.29, 0.717) is 24.2 Å². The van der Waals surface area contributed by atoms with Crippen molar-refractivity contribution < 1.29 is 23.7 Å². The predicted molar refractivity (Wildman–Crippen MR) is 133 cm³/mol. The smallest absolute Gasteiger partial charge is 0.217 e. The van der Waals surface area contributed by atoms with Crippen LogP contribution in [0.3, 0.4) is 0 Å². The minimum absolute atomic E-state index is 0.240. The highest BCUT2D eigenvalue weighted by molar-refractivity contribution is 5.89. The van der Waals surface area contributed by atoms with E-state index in [2.05, 4.69) is 18.2 Å². The highest BCUT2D eigenvalue weighted by Crippen LogP contribution is 2.69. The van der Waals surface area contributed by atoms with Gasteiger partial charge in [0.2, 0.25) is 22.8 Å². The molecule has 2 bridgehead atoms. The van der Waals surface area contributed by atoms with Gasteiger partial charge in [-0.15, -0.1) is 0 Å². The molecule has 1 saturated carbocycles. The van der Waals surface area contributed by atoms with Crippen molar-refractivity contribution >= 4 is 5.90 Å². The lowest BCUT2D eigenvalue weighted by molar-refractivity contribution is -0.288. The van der Waals surface area contributed by atoms with Crippen molar-refractivity contribution in [2.75, 3.05) is 21.3 Å². The van der Waals surface area contributed by atoms with Gasteiger partial charge in [0, 0.05) is 12.0 Å². The Balaban J connectivity index is 1.96. The van der Waals surface area contributed by atoms with Gasteiger partial charge in [0.05, 0.1) is 45.5 Å². The zero-order valence-electron chi connectivity index (χ0n) is 21.8. The fraction of sp³-hybridized carbons (Fsp3) is 0.643. The molecule has 2 saturated heterocycles. The SMILES string of the molecule is COc1ccc(C2OC34CCCCCCCCCCC3C(C#N)(C(=N)O4)C2(C#N)C#N)c(OC)c1OC. The Hall–Kier alpha value is -3.48. The molecular weight excluding hydrogens is 472 g/mol. The van der Waals surface area contributed by atoms with E-state index >= 15 is 0 Å². The lowest BCUT2D eigenvalue weighted by Crippen LogP contribution is -2.59. The van der Waals surface area contributed by atoms with E-state index in [-0.39, 0.29) is 17.4 Å². The summed E-state index contributed by atoms with van der Waals surface area (Å²) in [7, 11) is 4.42. The van der Waals surface area contributed by atoms with E-state index < -0.39 is 28.6 Å². The van der Waals surface area contributed by atoms with Crippen LogP contribution in [-0.2, 0) is 9.47 Å². The molecule has 9 heteroatoms. The van der Waals surface area contributed by atoms with Gasteiger partial charge in [-0.25, -0.2) is 0 Å². The van der Waals surface area contributed by atoms with Crippen molar-refractivity contribution in [1.82, 2.24) is 0 Å². The number of nitrogens with one attached hydrogen (secondary N) is 1. The first-order valence-corrected chi connectivity index (χ1v) is 12.9. The second-order valence-electron chi connectivity index (χ2n) is 10.0. The third kappa shape index (κ3) is 3.78. The molecule has 37 heavy (non-hydrogen) atoms. The van der Waals surface area contributed by atoms with Crippen molar-refractivity contribution in [3.63, 3.8) is 0 Å². The Labute approximate surface area is 218 Å². The first-order valence-electron chi connectivity index (χ1n) is 12.9. The maximum absolute atomic E-state index is 10.7. The summed E-state index contributed by atoms with van der Waals surface area (Å²) < 4.78 is 29.6. The summed E-state index contributed by atoms with van der Waals surface area (Å²) in [5, 5.41) is 40.9. The van der Waals surface area contributed by atoms with Crippen LogP contribution in [0.15, 0.2) is 12.1 Å². The molecule has 196 valence electrons. The molecule has 9 nitrogen and oxygen atoms in total. The zero-order valence-corrected chi connectivity index (χ0v) is 21.8. The number of hydrogen-bond acceptors (Lipinski definition) is 9. The molecule has 0 amide bonds. The zero-order chi connectivity index (χ0) is 26.7. The monoisotopic (exact) mass is 506 g/mol. The van der Waals surface area contributed by atoms with Crippen LogP contribution >= 0.6 is 0 Å². The molecule has 1 N–H and O–H groups in total. The third-order valence-electron chi connectivity index (χ3n) is 8.33. The maximum atomic E-state index is 10.7. The second kappa shape index (κ2) is 10.5. The van der Waals surface area contributed by atoms with Crippen molar-refractivity contribution in [1.29, 1.82) is 21.2 Å². The summed E-state index contributed by atoms with van der Waals surface area (Å²) in [5.74, 6) is -1.36. The molecular formula is C28H34N4O5. The van der Waals surface area contributed by atoms with E-state index in [9.17, 15) is 15.8 Å². The largest absolute Gasteiger partial charge is 0.493 e. The van der Waals surface area contributed by atoms with Crippen LogP contribution in [0, 0.1) is 56.2 Å². The Kier molecular flexibility index (Phi) is 7.53. The molecule has 4 unspecified atom stereocenters. The molecule has 4 atom stereocenters. The molecule has 0 spiro atoms. The Morgan fingerprint density at radius 1 is 0.838 bits per heavy atom. The van der Waals surface area contributed by atoms with Gasteiger partial charge in [0.1, 0.15) is 6.10 Å². The van der Waals surface area contributed by atoms with Crippen LogP contribution in [0.2, 0.25) is 0 Å². The Morgan fingerprint density at radius 2 is 1.46 bits per heavy atom. The molecule has 1 aromatic rings. The number of rotatable bonds is 4. The summed E-state index contributed by atoms with van der Waals surface area (Å²) in [5.41, 5.74) is -3.50. The summed E-state index contributed by atoms with van der Waals surface area (Å²) in [6.45, 7) is 0. The van der Waals surface area contributed by atoms with Crippen molar-refractivity contribution in [3.05, 3.63) is 17.7 Å². The van der Waals surface area contributed by atoms with Gasteiger partial charge in [0.15, 0.2) is 16.9 Å². The van der Waals surface area contributed by atoms with Crippen molar-refractivity contribution in [3.8, 4) is 35.5 Å². The number of nitrogens with zero attached hydrogens (tertiary/aromatic N) is 3. The van der Waals surface area contributed by atoms with Crippen LogP contribution in [-0.4, -0.2) is 33.0 Å². The summed E-state index contributed by atoms with van der Waals surface area (Å²) in [6, 6.07) is 9.87. The molecule has 4 rings (SSSR count). The fourth-order valence-corrected chi connectivity index (χ4v) is 6.53. The highest BCUT2D eigenvalue weighted by atomic mass is 16.7. The quantitative estimate of drug-likeness (QED) is 0.559. The number of methoxy groups -OCH3 is 3. The number of nitriles is 3. The highest BCUT2D eigenvalue weighted by Gasteiger charge is 2.80. The standard InChI is InChI=1S/C28H34N4O5/c1-33-20-14-13-19(22(34-2)23(20)35-3)24-26(16-29,17-30)27(18-31)21-12-10-8-6-4-5-7-9-11-15-28(21,36-24)37-25(27)32/h13-14,21,24,32H,4-12,15H2,1-3H3. The van der Waals surface area contributed by atoms with Crippen LogP contribution in [0.25, 0.3) is 0 Å². The third-order valence-corrected chi connectivity index (χ3v) is 8.33. The lowest BCUT2D eigenvalue weighted by atomic mass is 9.52. The molecule has 0 aromatic heterocycles. The normalized spacial score (nSPS) is 31.1. The van der Waals surface area contributed by atoms with E-state index in [1.165, 1.54) is 34.2 Å². The van der Waals surface area contributed by atoms with Gasteiger partial charge in [-0.05, 0) is 25.0 Å². The minimum atomic E-state index is -2.06. The predicted octanol–water partition coefficient (Wildman–Crippen LogP) is 5.56. The minimum Gasteiger partial charge on any atom is -0.493 e. The van der Waals surface area contributed by atoms with Gasteiger partial charge in [0.25, 0.3) is 0 Å². The number of hydrogen-bond donors (Lipinski definition) is 1. The van der Waals surface area contributed by atoms with E-state index in [0.717, 1.165) is 38.5 Å². The van der Waals surface area contributed by atoms with Gasteiger partial charge in [-0.1, -0.05) is 44.9 Å². The second-order valence-corrected chi connectivity index (χ2v) is 10.0.